The molecule has 10 rings (SSSR count). The Morgan fingerprint density at radius 1 is 0.914 bits per heavy atom. The Morgan fingerprint density at radius 3 is 2.41 bits per heavy atom. The smallest absolute Gasteiger partial charge is 0.301 e. The minimum absolute atomic E-state index is 0.00326. The van der Waals surface area contributed by atoms with E-state index in [2.05, 4.69) is 37.0 Å². The van der Waals surface area contributed by atoms with Gasteiger partial charge in [-0.25, -0.2) is 18.2 Å². The number of alkyl halides is 1. The Kier molecular flexibility index (Phi) is 13.2. The first-order chi connectivity index (χ1) is 33.7. The van der Waals surface area contributed by atoms with Crippen LogP contribution in [0.1, 0.15) is 76.8 Å². The van der Waals surface area contributed by atoms with Gasteiger partial charge in [0.15, 0.2) is 5.82 Å². The van der Waals surface area contributed by atoms with Crippen LogP contribution in [0.5, 0.6) is 5.75 Å². The normalized spacial score (nSPS) is 22.5. The van der Waals surface area contributed by atoms with Crippen LogP contribution in [0.4, 0.5) is 24.5 Å². The summed E-state index contributed by atoms with van der Waals surface area (Å²) < 4.78 is 79.6. The summed E-state index contributed by atoms with van der Waals surface area (Å²) in [4.78, 5) is 67.2. The molecule has 2 atom stereocenters. The van der Waals surface area contributed by atoms with Crippen molar-refractivity contribution < 1.29 is 45.5 Å². The van der Waals surface area contributed by atoms with Crippen molar-refractivity contribution in [1.29, 1.82) is 0 Å². The number of carbonyl (C=O) groups is 4. The van der Waals surface area contributed by atoms with Gasteiger partial charge in [0.25, 0.3) is 5.91 Å². The molecule has 368 valence electrons. The van der Waals surface area contributed by atoms with Crippen molar-refractivity contribution in [2.75, 3.05) is 69.0 Å². The van der Waals surface area contributed by atoms with Crippen molar-refractivity contribution in [2.45, 2.75) is 75.8 Å². The van der Waals surface area contributed by atoms with E-state index in [-0.39, 0.29) is 49.4 Å². The number of benzene rings is 3. The second-order valence-corrected chi connectivity index (χ2v) is 20.6. The fourth-order valence-corrected chi connectivity index (χ4v) is 11.7. The van der Waals surface area contributed by atoms with Crippen molar-refractivity contribution >= 4 is 56.1 Å². The largest absolute Gasteiger partial charge is 0.490 e. The molecule has 0 spiro atoms. The molecule has 5 aromatic rings. The Balaban J connectivity index is 0.689. The number of piperidine rings is 1. The zero-order valence-corrected chi connectivity index (χ0v) is 39.5. The van der Waals surface area contributed by atoms with Gasteiger partial charge in [-0.3, -0.25) is 34.1 Å². The van der Waals surface area contributed by atoms with Crippen LogP contribution >= 0.6 is 0 Å². The molecule has 16 nitrogen and oxygen atoms in total. The van der Waals surface area contributed by atoms with Gasteiger partial charge >= 0.3 is 10.2 Å². The fraction of sp³-hybridized carbons (Fsp3) is 0.420. The number of likely N-dealkylation sites (N-methyl/N-ethyl adjacent to an activating group) is 1. The highest BCUT2D eigenvalue weighted by Crippen LogP contribution is 2.34. The lowest BCUT2D eigenvalue weighted by molar-refractivity contribution is -0.136. The molecule has 0 bridgehead atoms. The van der Waals surface area contributed by atoms with Gasteiger partial charge in [-0.05, 0) is 105 Å². The first-order valence-electron chi connectivity index (χ1n) is 23.8. The number of halogens is 3. The van der Waals surface area contributed by atoms with Gasteiger partial charge in [0.05, 0.1) is 17.4 Å². The minimum atomic E-state index is -4.36. The van der Waals surface area contributed by atoms with Gasteiger partial charge in [0.2, 0.25) is 17.6 Å². The molecule has 1 unspecified atom stereocenters. The van der Waals surface area contributed by atoms with Crippen LogP contribution in [0.3, 0.4) is 0 Å². The van der Waals surface area contributed by atoms with E-state index in [0.717, 1.165) is 104 Å². The van der Waals surface area contributed by atoms with Gasteiger partial charge in [0, 0.05) is 112 Å². The van der Waals surface area contributed by atoms with Gasteiger partial charge < -0.3 is 24.4 Å². The molecule has 4 aliphatic heterocycles. The quantitative estimate of drug-likeness (QED) is 0.0926. The van der Waals surface area contributed by atoms with E-state index >= 15 is 8.78 Å². The lowest BCUT2D eigenvalue weighted by atomic mass is 9.92. The van der Waals surface area contributed by atoms with Crippen molar-refractivity contribution in [3.05, 3.63) is 107 Å². The maximum Gasteiger partial charge on any atom is 0.301 e. The van der Waals surface area contributed by atoms with Gasteiger partial charge in [-0.1, -0.05) is 12.1 Å². The molecular formula is C50H54F3N9O7S. The van der Waals surface area contributed by atoms with Gasteiger partial charge in [0.1, 0.15) is 29.4 Å². The third-order valence-corrected chi connectivity index (χ3v) is 16.0. The molecule has 3 amide bonds. The Bertz CT molecular complexity index is 2960. The van der Waals surface area contributed by atoms with E-state index in [1.807, 2.05) is 41.1 Å². The number of ether oxygens (including phenoxy) is 1. The number of ketones is 1. The predicted molar refractivity (Wildman–Crippen MR) is 255 cm³/mol. The van der Waals surface area contributed by atoms with Gasteiger partial charge in [-0.2, -0.15) is 12.7 Å². The number of anilines is 2. The number of aromatic nitrogens is 2. The van der Waals surface area contributed by atoms with Crippen molar-refractivity contribution in [1.82, 2.24) is 34.3 Å². The highest BCUT2D eigenvalue weighted by molar-refractivity contribution is 7.90. The second-order valence-electron chi connectivity index (χ2n) is 18.9. The summed E-state index contributed by atoms with van der Waals surface area (Å²) in [6.45, 7) is 5.34. The van der Waals surface area contributed by atoms with Crippen molar-refractivity contribution in [3.8, 4) is 16.9 Å². The summed E-state index contributed by atoms with van der Waals surface area (Å²) in [6.07, 6.45) is 6.17. The third-order valence-electron chi connectivity index (χ3n) is 14.5. The highest BCUT2D eigenvalue weighted by atomic mass is 32.2. The summed E-state index contributed by atoms with van der Waals surface area (Å²) >= 11 is 0. The van der Waals surface area contributed by atoms with Crippen LogP contribution in [-0.2, 0) is 26.3 Å². The number of pyridine rings is 1. The predicted octanol–water partition coefficient (Wildman–Crippen LogP) is 5.64. The molecule has 70 heavy (non-hydrogen) atoms. The standard InChI is InChI=1S/C50H54F3N9O7S/c1-58(34-6-8-36(9-7-34)69-37-10-11-38-32(24-37)28-62(50(38)66)43-14-15-44(63)56-49(43)65)18-19-59-20-22-60(23-21-59)35-4-2-30(3-5-35)31-25-39-40(27-55-48(39)54-26-31)47(64)45-41(52)12-13-42(46(45)53)57-70(67,68)61-17-16-33(51)29-61/h2-5,10-13,24-27,33-34,36,43,57H,6-9,14-23,28-29H2,1H3,(H,54,55)(H,56,63,65)/t33-,34?,36?,43?/m1/s1. The van der Waals surface area contributed by atoms with E-state index < -0.39 is 57.0 Å². The molecule has 20 heteroatoms. The number of hydrogen-bond donors (Lipinski definition) is 3. The van der Waals surface area contributed by atoms with Gasteiger partial charge in [-0.15, -0.1) is 0 Å². The first kappa shape index (κ1) is 47.3. The summed E-state index contributed by atoms with van der Waals surface area (Å²) in [5.41, 5.74) is 2.71. The Hall–Kier alpha value is -6.35. The number of H-pyrrole nitrogens is 1. The number of piperazine rings is 1. The van der Waals surface area contributed by atoms with Crippen LogP contribution in [0, 0.1) is 11.6 Å². The number of amides is 3. The average molecular weight is 982 g/mol. The summed E-state index contributed by atoms with van der Waals surface area (Å²) in [6, 6.07) is 16.8. The number of imide groups is 1. The van der Waals surface area contributed by atoms with Crippen LogP contribution in [0.2, 0.25) is 0 Å². The minimum Gasteiger partial charge on any atom is -0.490 e. The van der Waals surface area contributed by atoms with Crippen molar-refractivity contribution in [3.63, 3.8) is 0 Å². The third kappa shape index (κ3) is 9.61. The highest BCUT2D eigenvalue weighted by Gasteiger charge is 2.40. The molecule has 2 aromatic heterocycles. The van der Waals surface area contributed by atoms with Crippen LogP contribution in [0.25, 0.3) is 22.2 Å². The number of carbonyl (C=O) groups excluding carboxylic acids is 4. The maximum absolute atomic E-state index is 15.8. The second kappa shape index (κ2) is 19.4. The Labute approximate surface area is 403 Å². The van der Waals surface area contributed by atoms with Crippen LogP contribution in [-0.4, -0.2) is 145 Å². The van der Waals surface area contributed by atoms with E-state index in [4.69, 9.17) is 4.74 Å². The van der Waals surface area contributed by atoms with E-state index in [1.165, 1.54) is 6.20 Å². The molecule has 5 aliphatic rings. The van der Waals surface area contributed by atoms with E-state index in [9.17, 15) is 32.0 Å². The molecule has 6 heterocycles. The maximum atomic E-state index is 15.8. The number of rotatable bonds is 14. The number of nitrogens with zero attached hydrogens (tertiary/aromatic N) is 6. The molecule has 3 saturated heterocycles. The van der Waals surface area contributed by atoms with Crippen LogP contribution < -0.4 is 19.7 Å². The molecule has 3 aromatic carbocycles. The molecule has 1 aliphatic carbocycles. The fourth-order valence-electron chi connectivity index (χ4n) is 10.4. The number of aromatic amines is 1. The molecule has 1 saturated carbocycles. The first-order valence-corrected chi connectivity index (χ1v) is 25.3. The average Bonchev–Trinajstić information content (AvgIpc) is 4.09. The summed E-state index contributed by atoms with van der Waals surface area (Å²) in [5.74, 6) is -3.74. The molecule has 0 radical (unpaired) electrons. The van der Waals surface area contributed by atoms with Crippen LogP contribution in [0.15, 0.2) is 73.1 Å². The zero-order chi connectivity index (χ0) is 48.8. The Morgan fingerprint density at radius 2 is 1.69 bits per heavy atom. The number of hydrogen-bond acceptors (Lipinski definition) is 11. The number of nitrogens with one attached hydrogen (secondary N) is 3. The lowest BCUT2D eigenvalue weighted by Gasteiger charge is -2.38. The topological polar surface area (TPSA) is 181 Å². The summed E-state index contributed by atoms with van der Waals surface area (Å²) in [7, 11) is -2.16. The van der Waals surface area contributed by atoms with E-state index in [1.54, 1.807) is 23.2 Å². The SMILES string of the molecule is CN(CCN1CCN(c2ccc(-c3cnc4[nH]cc(C(=O)c5c(F)ccc(NS(=O)(=O)N6CC[C@@H](F)C6)c5F)c4c3)cc2)CC1)C1CCC(Oc2ccc3c(c2)CN(C2CCC(=O)NC2=O)C3=O)CC1. The molecular weight excluding hydrogens is 928 g/mol. The summed E-state index contributed by atoms with van der Waals surface area (Å²) in [5, 5.41) is 2.68. The lowest BCUT2D eigenvalue weighted by Crippen LogP contribution is -2.52. The molecule has 3 N–H and O–H groups in total. The monoisotopic (exact) mass is 981 g/mol. The van der Waals surface area contributed by atoms with E-state index in [0.29, 0.717) is 41.2 Å². The number of fused-ring (bicyclic) bond motifs is 2. The van der Waals surface area contributed by atoms with Crippen molar-refractivity contribution in [2.24, 2.45) is 0 Å². The molecule has 4 fully saturated rings. The zero-order valence-electron chi connectivity index (χ0n) is 38.6.